The molecule has 2 rings (SSSR count). The molecule has 1 heterocycles. The highest BCUT2D eigenvalue weighted by Gasteiger charge is 2.26. The van der Waals surface area contributed by atoms with Crippen molar-refractivity contribution >= 4 is 15.7 Å². The Kier molecular flexibility index (Phi) is 5.24. The molecule has 21 heavy (non-hydrogen) atoms. The Morgan fingerprint density at radius 1 is 1.29 bits per heavy atom. The molecule has 118 valence electrons. The SMILES string of the molecule is CCC1OCCC1CNc1ccc(S(=O)(=O)N(C)C)cc1. The van der Waals surface area contributed by atoms with Crippen LogP contribution in [0.2, 0.25) is 0 Å². The molecule has 0 spiro atoms. The van der Waals surface area contributed by atoms with Gasteiger partial charge in [0.05, 0.1) is 11.0 Å². The molecular formula is C15H24N2O3S. The van der Waals surface area contributed by atoms with Crippen LogP contribution >= 0.6 is 0 Å². The van der Waals surface area contributed by atoms with Crippen LogP contribution in [0.4, 0.5) is 5.69 Å². The fourth-order valence-electron chi connectivity index (χ4n) is 2.58. The number of nitrogens with one attached hydrogen (secondary N) is 1. The van der Waals surface area contributed by atoms with E-state index >= 15 is 0 Å². The van der Waals surface area contributed by atoms with Crippen LogP contribution < -0.4 is 5.32 Å². The van der Waals surface area contributed by atoms with Crippen molar-refractivity contribution in [2.75, 3.05) is 32.6 Å². The average Bonchev–Trinajstić information content (AvgIpc) is 2.92. The van der Waals surface area contributed by atoms with E-state index in [0.717, 1.165) is 31.7 Å². The highest BCUT2D eigenvalue weighted by molar-refractivity contribution is 7.89. The first-order valence-electron chi connectivity index (χ1n) is 7.33. The average molecular weight is 312 g/mol. The Bertz CT molecular complexity index is 555. The summed E-state index contributed by atoms with van der Waals surface area (Å²) in [6.45, 7) is 3.84. The van der Waals surface area contributed by atoms with E-state index < -0.39 is 10.0 Å². The molecule has 0 aliphatic carbocycles. The molecule has 1 aromatic rings. The molecule has 0 amide bonds. The maximum absolute atomic E-state index is 12.0. The Hall–Kier alpha value is -1.11. The van der Waals surface area contributed by atoms with Crippen LogP contribution in [0.5, 0.6) is 0 Å². The highest BCUT2D eigenvalue weighted by atomic mass is 32.2. The van der Waals surface area contributed by atoms with Gasteiger partial charge in [-0.1, -0.05) is 6.92 Å². The summed E-state index contributed by atoms with van der Waals surface area (Å²) in [5, 5.41) is 3.37. The monoisotopic (exact) mass is 312 g/mol. The van der Waals surface area contributed by atoms with Crippen molar-refractivity contribution in [1.82, 2.24) is 4.31 Å². The lowest BCUT2D eigenvalue weighted by molar-refractivity contribution is 0.0900. The summed E-state index contributed by atoms with van der Waals surface area (Å²) in [5.41, 5.74) is 0.939. The Morgan fingerprint density at radius 3 is 2.52 bits per heavy atom. The Labute approximate surface area is 127 Å². The third-order valence-electron chi connectivity index (χ3n) is 3.95. The molecule has 0 bridgehead atoms. The number of benzene rings is 1. The fourth-order valence-corrected chi connectivity index (χ4v) is 3.48. The fraction of sp³-hybridized carbons (Fsp3) is 0.600. The summed E-state index contributed by atoms with van der Waals surface area (Å²) in [6.07, 6.45) is 2.45. The van der Waals surface area contributed by atoms with E-state index in [1.54, 1.807) is 12.1 Å². The molecule has 2 atom stereocenters. The first kappa shape index (κ1) is 16.3. The van der Waals surface area contributed by atoms with E-state index in [0.29, 0.717) is 16.9 Å². The van der Waals surface area contributed by atoms with Gasteiger partial charge in [0.1, 0.15) is 0 Å². The maximum atomic E-state index is 12.0. The smallest absolute Gasteiger partial charge is 0.242 e. The lowest BCUT2D eigenvalue weighted by atomic mass is 9.99. The van der Waals surface area contributed by atoms with Crippen molar-refractivity contribution in [3.63, 3.8) is 0 Å². The summed E-state index contributed by atoms with van der Waals surface area (Å²) in [7, 11) is -0.283. The van der Waals surface area contributed by atoms with Gasteiger partial charge < -0.3 is 10.1 Å². The molecule has 0 radical (unpaired) electrons. The van der Waals surface area contributed by atoms with E-state index in [-0.39, 0.29) is 0 Å². The van der Waals surface area contributed by atoms with Crippen molar-refractivity contribution in [3.05, 3.63) is 24.3 Å². The molecule has 1 aromatic carbocycles. The number of ether oxygens (including phenoxy) is 1. The zero-order valence-corrected chi connectivity index (χ0v) is 13.7. The predicted molar refractivity (Wildman–Crippen MR) is 83.9 cm³/mol. The van der Waals surface area contributed by atoms with Gasteiger partial charge in [0.15, 0.2) is 0 Å². The highest BCUT2D eigenvalue weighted by Crippen LogP contribution is 2.24. The Morgan fingerprint density at radius 2 is 1.95 bits per heavy atom. The van der Waals surface area contributed by atoms with Gasteiger partial charge in [-0.25, -0.2) is 12.7 Å². The summed E-state index contributed by atoms with van der Waals surface area (Å²) in [6, 6.07) is 6.90. The van der Waals surface area contributed by atoms with Crippen molar-refractivity contribution in [2.45, 2.75) is 30.8 Å². The molecule has 1 saturated heterocycles. The topological polar surface area (TPSA) is 58.6 Å². The maximum Gasteiger partial charge on any atom is 0.242 e. The van der Waals surface area contributed by atoms with Gasteiger partial charge >= 0.3 is 0 Å². The quantitative estimate of drug-likeness (QED) is 0.874. The van der Waals surface area contributed by atoms with Crippen molar-refractivity contribution in [1.29, 1.82) is 0 Å². The van der Waals surface area contributed by atoms with E-state index in [1.165, 1.54) is 18.4 Å². The number of hydrogen-bond donors (Lipinski definition) is 1. The molecule has 1 aliphatic heterocycles. The Balaban J connectivity index is 1.97. The first-order chi connectivity index (χ1) is 9.95. The van der Waals surface area contributed by atoms with Gasteiger partial charge in [0, 0.05) is 38.9 Å². The lowest BCUT2D eigenvalue weighted by Crippen LogP contribution is -2.23. The predicted octanol–water partition coefficient (Wildman–Crippen LogP) is 2.16. The molecule has 6 heteroatoms. The standard InChI is InChI=1S/C15H24N2O3S/c1-4-15-12(9-10-20-15)11-16-13-5-7-14(8-6-13)21(18,19)17(2)3/h5-8,12,15-16H,4,9-11H2,1-3H3. The molecule has 0 aromatic heterocycles. The van der Waals surface area contributed by atoms with Gasteiger partial charge in [0.2, 0.25) is 10.0 Å². The van der Waals surface area contributed by atoms with Gasteiger partial charge in [-0.3, -0.25) is 0 Å². The number of sulfonamides is 1. The summed E-state index contributed by atoms with van der Waals surface area (Å²) in [5.74, 6) is 0.528. The van der Waals surface area contributed by atoms with Crippen molar-refractivity contribution < 1.29 is 13.2 Å². The lowest BCUT2D eigenvalue weighted by Gasteiger charge is -2.18. The zero-order valence-electron chi connectivity index (χ0n) is 12.9. The van der Waals surface area contributed by atoms with Gasteiger partial charge in [-0.2, -0.15) is 0 Å². The largest absolute Gasteiger partial charge is 0.385 e. The minimum Gasteiger partial charge on any atom is -0.385 e. The van der Waals surface area contributed by atoms with Crippen LogP contribution in [-0.2, 0) is 14.8 Å². The summed E-state index contributed by atoms with van der Waals surface area (Å²) in [4.78, 5) is 0.314. The third kappa shape index (κ3) is 3.75. The minimum atomic E-state index is -3.35. The molecule has 2 unspecified atom stereocenters. The van der Waals surface area contributed by atoms with E-state index in [1.807, 2.05) is 12.1 Å². The molecule has 1 aliphatic rings. The molecule has 1 fully saturated rings. The van der Waals surface area contributed by atoms with Crippen LogP contribution in [0.3, 0.4) is 0 Å². The second-order valence-corrected chi connectivity index (χ2v) is 7.71. The normalized spacial score (nSPS) is 22.7. The minimum absolute atomic E-state index is 0.314. The van der Waals surface area contributed by atoms with Crippen LogP contribution in [0.25, 0.3) is 0 Å². The number of anilines is 1. The third-order valence-corrected chi connectivity index (χ3v) is 5.78. The van der Waals surface area contributed by atoms with Crippen LogP contribution in [0.1, 0.15) is 19.8 Å². The van der Waals surface area contributed by atoms with Gasteiger partial charge in [-0.05, 0) is 37.1 Å². The van der Waals surface area contributed by atoms with Gasteiger partial charge in [-0.15, -0.1) is 0 Å². The summed E-state index contributed by atoms with van der Waals surface area (Å²) < 4.78 is 30.9. The number of nitrogens with zero attached hydrogens (tertiary/aromatic N) is 1. The summed E-state index contributed by atoms with van der Waals surface area (Å²) >= 11 is 0. The molecule has 5 nitrogen and oxygen atoms in total. The second-order valence-electron chi connectivity index (χ2n) is 5.56. The van der Waals surface area contributed by atoms with Crippen molar-refractivity contribution in [3.8, 4) is 0 Å². The molecule has 1 N–H and O–H groups in total. The molecule has 0 saturated carbocycles. The number of rotatable bonds is 6. The second kappa shape index (κ2) is 6.77. The first-order valence-corrected chi connectivity index (χ1v) is 8.77. The van der Waals surface area contributed by atoms with E-state index in [9.17, 15) is 8.42 Å². The van der Waals surface area contributed by atoms with Gasteiger partial charge in [0.25, 0.3) is 0 Å². The van der Waals surface area contributed by atoms with Crippen molar-refractivity contribution in [2.24, 2.45) is 5.92 Å². The molecular weight excluding hydrogens is 288 g/mol. The van der Waals surface area contributed by atoms with Crippen LogP contribution in [0, 0.1) is 5.92 Å². The number of hydrogen-bond acceptors (Lipinski definition) is 4. The van der Waals surface area contributed by atoms with E-state index in [4.69, 9.17) is 4.74 Å². The van der Waals surface area contributed by atoms with E-state index in [2.05, 4.69) is 12.2 Å². The van der Waals surface area contributed by atoms with Crippen LogP contribution in [0.15, 0.2) is 29.2 Å². The van der Waals surface area contributed by atoms with Crippen LogP contribution in [-0.4, -0.2) is 46.1 Å². The zero-order chi connectivity index (χ0) is 15.5.